The first-order valence-corrected chi connectivity index (χ1v) is 6.92. The van der Waals surface area contributed by atoms with Gasteiger partial charge < -0.3 is 5.32 Å². The number of rotatable bonds is 3. The molecule has 0 amide bonds. The molecule has 2 unspecified atom stereocenters. The molecule has 1 N–H and O–H groups in total. The summed E-state index contributed by atoms with van der Waals surface area (Å²) in [7, 11) is 2.05. The summed E-state index contributed by atoms with van der Waals surface area (Å²) in [6, 6.07) is 9.00. The maximum Gasteiger partial charge on any atom is 0.0497 e. The number of thiophene rings is 1. The van der Waals surface area contributed by atoms with Gasteiger partial charge in [0.25, 0.3) is 0 Å². The van der Waals surface area contributed by atoms with Crippen molar-refractivity contribution in [2.75, 3.05) is 7.05 Å². The van der Waals surface area contributed by atoms with Crippen molar-refractivity contribution in [2.24, 2.45) is 0 Å². The Morgan fingerprint density at radius 3 is 3.12 bits per heavy atom. The van der Waals surface area contributed by atoms with Gasteiger partial charge >= 0.3 is 0 Å². The summed E-state index contributed by atoms with van der Waals surface area (Å²) in [6.07, 6.45) is 4.28. The summed E-state index contributed by atoms with van der Waals surface area (Å²) in [5.74, 6) is 0.523. The fraction of sp³-hybridized carbons (Fsp3) is 0.357. The van der Waals surface area contributed by atoms with Crippen LogP contribution in [-0.2, 0) is 6.42 Å². The van der Waals surface area contributed by atoms with Crippen molar-refractivity contribution >= 4 is 11.3 Å². The highest BCUT2D eigenvalue weighted by Crippen LogP contribution is 2.41. The predicted octanol–water partition coefficient (Wildman–Crippen LogP) is 3.13. The van der Waals surface area contributed by atoms with Crippen molar-refractivity contribution in [1.29, 1.82) is 0 Å². The van der Waals surface area contributed by atoms with Gasteiger partial charge in [0.2, 0.25) is 0 Å². The predicted molar refractivity (Wildman–Crippen MR) is 71.4 cm³/mol. The van der Waals surface area contributed by atoms with Crippen LogP contribution in [0.25, 0.3) is 0 Å². The van der Waals surface area contributed by atoms with Gasteiger partial charge in [-0.2, -0.15) is 0 Å². The van der Waals surface area contributed by atoms with Crippen molar-refractivity contribution in [3.05, 3.63) is 52.0 Å². The number of pyridine rings is 1. The molecule has 0 radical (unpaired) electrons. The molecule has 2 aromatic rings. The molecule has 0 saturated carbocycles. The number of likely N-dealkylation sites (N-methyl/N-ethyl adjacent to an activating group) is 1. The number of nitrogens with zero attached hydrogens (tertiary/aromatic N) is 1. The molecular weight excluding hydrogens is 228 g/mol. The van der Waals surface area contributed by atoms with E-state index in [2.05, 4.69) is 33.9 Å². The minimum absolute atomic E-state index is 0.408. The van der Waals surface area contributed by atoms with E-state index in [1.54, 1.807) is 0 Å². The highest BCUT2D eigenvalue weighted by Gasteiger charge is 2.31. The summed E-state index contributed by atoms with van der Waals surface area (Å²) in [5, 5.41) is 5.60. The largest absolute Gasteiger partial charge is 0.312 e. The maximum absolute atomic E-state index is 4.58. The molecule has 2 heterocycles. The SMILES string of the molecule is CNC(c1cccs1)C1CCc2cccnc21. The third-order valence-electron chi connectivity index (χ3n) is 3.57. The average molecular weight is 244 g/mol. The molecule has 1 aliphatic carbocycles. The molecule has 1 aliphatic rings. The highest BCUT2D eigenvalue weighted by atomic mass is 32.1. The van der Waals surface area contributed by atoms with Crippen LogP contribution < -0.4 is 5.32 Å². The smallest absolute Gasteiger partial charge is 0.0497 e. The van der Waals surface area contributed by atoms with Crippen molar-refractivity contribution in [2.45, 2.75) is 24.8 Å². The van der Waals surface area contributed by atoms with Crippen LogP contribution in [0, 0.1) is 0 Å². The molecule has 2 atom stereocenters. The molecule has 0 spiro atoms. The lowest BCUT2D eigenvalue weighted by Gasteiger charge is -2.22. The molecular formula is C14H16N2S. The third kappa shape index (κ3) is 1.90. The number of hydrogen-bond donors (Lipinski definition) is 1. The van der Waals surface area contributed by atoms with Gasteiger partial charge in [0, 0.05) is 28.7 Å². The lowest BCUT2D eigenvalue weighted by molar-refractivity contribution is 0.476. The molecule has 0 aliphatic heterocycles. The molecule has 17 heavy (non-hydrogen) atoms. The van der Waals surface area contributed by atoms with Crippen LogP contribution in [0.2, 0.25) is 0 Å². The minimum Gasteiger partial charge on any atom is -0.312 e. The van der Waals surface area contributed by atoms with Gasteiger partial charge in [0.15, 0.2) is 0 Å². The van der Waals surface area contributed by atoms with Crippen LogP contribution >= 0.6 is 11.3 Å². The minimum atomic E-state index is 0.408. The van der Waals surface area contributed by atoms with Gasteiger partial charge in [-0.15, -0.1) is 11.3 Å². The quantitative estimate of drug-likeness (QED) is 0.897. The number of aromatic nitrogens is 1. The van der Waals surface area contributed by atoms with E-state index in [-0.39, 0.29) is 0 Å². The number of aryl methyl sites for hydroxylation is 1. The summed E-state index contributed by atoms with van der Waals surface area (Å²) in [5.41, 5.74) is 2.72. The molecule has 2 nitrogen and oxygen atoms in total. The van der Waals surface area contributed by atoms with E-state index in [9.17, 15) is 0 Å². The number of nitrogens with one attached hydrogen (secondary N) is 1. The van der Waals surface area contributed by atoms with Gasteiger partial charge in [-0.05, 0) is 43.0 Å². The van der Waals surface area contributed by atoms with Gasteiger partial charge in [-0.3, -0.25) is 4.98 Å². The monoisotopic (exact) mass is 244 g/mol. The standard InChI is InChI=1S/C14H16N2S/c1-15-14(12-5-3-9-17-12)11-7-6-10-4-2-8-16-13(10)11/h2-5,8-9,11,14-15H,6-7H2,1H3. The van der Waals surface area contributed by atoms with E-state index in [0.29, 0.717) is 12.0 Å². The Kier molecular flexibility index (Phi) is 2.95. The molecule has 3 rings (SSSR count). The second-order valence-electron chi connectivity index (χ2n) is 4.47. The van der Waals surface area contributed by atoms with Crippen LogP contribution in [0.4, 0.5) is 0 Å². The van der Waals surface area contributed by atoms with E-state index < -0.39 is 0 Å². The Bertz CT molecular complexity index is 493. The van der Waals surface area contributed by atoms with Crippen LogP contribution in [0.15, 0.2) is 35.8 Å². The zero-order valence-electron chi connectivity index (χ0n) is 9.89. The van der Waals surface area contributed by atoms with Crippen molar-refractivity contribution in [3.63, 3.8) is 0 Å². The zero-order valence-corrected chi connectivity index (χ0v) is 10.7. The van der Waals surface area contributed by atoms with E-state index in [1.165, 1.54) is 22.6 Å². The summed E-state index contributed by atoms with van der Waals surface area (Å²) in [6.45, 7) is 0. The van der Waals surface area contributed by atoms with Crippen LogP contribution in [0.3, 0.4) is 0 Å². The van der Waals surface area contributed by atoms with Gasteiger partial charge in [-0.25, -0.2) is 0 Å². The molecule has 2 aromatic heterocycles. The topological polar surface area (TPSA) is 24.9 Å². The Morgan fingerprint density at radius 1 is 1.41 bits per heavy atom. The lowest BCUT2D eigenvalue weighted by atomic mass is 9.96. The van der Waals surface area contributed by atoms with Gasteiger partial charge in [0.05, 0.1) is 0 Å². The second kappa shape index (κ2) is 4.59. The van der Waals surface area contributed by atoms with Crippen molar-refractivity contribution in [3.8, 4) is 0 Å². The molecule has 88 valence electrons. The van der Waals surface area contributed by atoms with Crippen LogP contribution in [-0.4, -0.2) is 12.0 Å². The van der Waals surface area contributed by atoms with Crippen LogP contribution in [0.1, 0.15) is 34.5 Å². The normalized spacial score (nSPS) is 20.2. The summed E-state index contributed by atoms with van der Waals surface area (Å²) >= 11 is 1.83. The first kappa shape index (κ1) is 10.9. The Balaban J connectivity index is 1.95. The third-order valence-corrected chi connectivity index (χ3v) is 4.52. The summed E-state index contributed by atoms with van der Waals surface area (Å²) in [4.78, 5) is 6.00. The fourth-order valence-corrected chi connectivity index (χ4v) is 3.68. The molecule has 0 aromatic carbocycles. The first-order valence-electron chi connectivity index (χ1n) is 6.04. The average Bonchev–Trinajstić information content (AvgIpc) is 3.01. The number of fused-ring (bicyclic) bond motifs is 1. The first-order chi connectivity index (χ1) is 8.40. The fourth-order valence-electron chi connectivity index (χ4n) is 2.78. The molecule has 0 bridgehead atoms. The Labute approximate surface area is 106 Å². The Hall–Kier alpha value is -1.19. The van der Waals surface area contributed by atoms with Crippen LogP contribution in [0.5, 0.6) is 0 Å². The van der Waals surface area contributed by atoms with E-state index in [1.807, 2.05) is 30.6 Å². The van der Waals surface area contributed by atoms with E-state index in [4.69, 9.17) is 0 Å². The zero-order chi connectivity index (χ0) is 11.7. The van der Waals surface area contributed by atoms with Crippen molar-refractivity contribution < 1.29 is 0 Å². The van der Waals surface area contributed by atoms with Gasteiger partial charge in [0.1, 0.15) is 0 Å². The van der Waals surface area contributed by atoms with E-state index >= 15 is 0 Å². The highest BCUT2D eigenvalue weighted by molar-refractivity contribution is 7.10. The Morgan fingerprint density at radius 2 is 2.35 bits per heavy atom. The molecule has 3 heteroatoms. The number of hydrogen-bond acceptors (Lipinski definition) is 3. The summed E-state index contributed by atoms with van der Waals surface area (Å²) < 4.78 is 0. The molecule has 0 saturated heterocycles. The van der Waals surface area contributed by atoms with E-state index in [0.717, 1.165) is 6.42 Å². The maximum atomic E-state index is 4.58. The lowest BCUT2D eigenvalue weighted by Crippen LogP contribution is -2.22. The van der Waals surface area contributed by atoms with Gasteiger partial charge in [-0.1, -0.05) is 12.1 Å². The molecule has 0 fully saturated rings. The van der Waals surface area contributed by atoms with Crippen molar-refractivity contribution in [1.82, 2.24) is 10.3 Å². The second-order valence-corrected chi connectivity index (χ2v) is 5.45.